The largest absolute Gasteiger partial charge is 0.495 e. The van der Waals surface area contributed by atoms with Crippen LogP contribution >= 0.6 is 0 Å². The molecule has 0 spiro atoms. The summed E-state index contributed by atoms with van der Waals surface area (Å²) in [5.74, 6) is -2.48. The van der Waals surface area contributed by atoms with E-state index in [0.29, 0.717) is 5.56 Å². The Bertz CT molecular complexity index is 2250. The van der Waals surface area contributed by atoms with Crippen molar-refractivity contribution in [1.82, 2.24) is 0 Å². The maximum Gasteiger partial charge on any atom is 0.298 e. The highest BCUT2D eigenvalue weighted by molar-refractivity contribution is 7.92. The van der Waals surface area contributed by atoms with Crippen molar-refractivity contribution in [2.75, 3.05) is 24.9 Å². The normalized spacial score (nSPS) is 13.3. The highest BCUT2D eigenvalue weighted by Crippen LogP contribution is 2.49. The van der Waals surface area contributed by atoms with Gasteiger partial charge in [0.15, 0.2) is 0 Å². The van der Waals surface area contributed by atoms with E-state index in [9.17, 15) is 43.9 Å². The summed E-state index contributed by atoms with van der Waals surface area (Å²) < 4.78 is 104. The molecule has 4 aromatic carbocycles. The van der Waals surface area contributed by atoms with Gasteiger partial charge >= 0.3 is 0 Å². The highest BCUT2D eigenvalue weighted by Gasteiger charge is 2.37. The predicted molar refractivity (Wildman–Crippen MR) is 159 cm³/mol. The van der Waals surface area contributed by atoms with Crippen LogP contribution in [0.25, 0.3) is 11.1 Å². The molecule has 0 fully saturated rings. The molecule has 0 atom stereocenters. The van der Waals surface area contributed by atoms with Gasteiger partial charge in [-0.15, -0.1) is 0 Å². The third-order valence-corrected chi connectivity index (χ3v) is 10.4. The quantitative estimate of drug-likeness (QED) is 0.174. The number of carbonyl (C=O) groups excluding carboxylic acids is 2. The SMILES string of the molecule is COc1ccc(C(=O)Nc2ccc3c(c2NC(=O)c2ccc(OC)c(S(=O)(=O)O)c2)S(=O)(=O)c2ccccc2-3)cc1S(=O)(=O)O. The second kappa shape index (κ2) is 11.3. The van der Waals surface area contributed by atoms with Crippen molar-refractivity contribution in [3.8, 4) is 22.6 Å². The summed E-state index contributed by atoms with van der Waals surface area (Å²) in [5.41, 5.74) is -0.678. The average Bonchev–Trinajstić information content (AvgIpc) is 3.23. The zero-order valence-electron chi connectivity index (χ0n) is 23.1. The number of carbonyl (C=O) groups is 2. The minimum absolute atomic E-state index is 0.0648. The Labute approximate surface area is 257 Å². The van der Waals surface area contributed by atoms with Crippen LogP contribution in [0.3, 0.4) is 0 Å². The van der Waals surface area contributed by atoms with Gasteiger partial charge in [-0.1, -0.05) is 24.3 Å². The van der Waals surface area contributed by atoms with Gasteiger partial charge < -0.3 is 20.1 Å². The summed E-state index contributed by atoms with van der Waals surface area (Å²) in [6, 6.07) is 15.0. The molecule has 0 aromatic heterocycles. The Morgan fingerprint density at radius 1 is 0.689 bits per heavy atom. The van der Waals surface area contributed by atoms with E-state index in [1.807, 2.05) is 0 Å². The third-order valence-electron chi connectivity index (χ3n) is 6.79. The van der Waals surface area contributed by atoms with Gasteiger partial charge in [0.1, 0.15) is 26.2 Å². The summed E-state index contributed by atoms with van der Waals surface area (Å²) in [5, 5.41) is 4.90. The molecule has 14 nitrogen and oxygen atoms in total. The van der Waals surface area contributed by atoms with Gasteiger partial charge in [-0.05, 0) is 48.5 Å². The van der Waals surface area contributed by atoms with Crippen molar-refractivity contribution >= 4 is 53.3 Å². The van der Waals surface area contributed by atoms with Crippen LogP contribution < -0.4 is 20.1 Å². The van der Waals surface area contributed by atoms with Gasteiger partial charge in [-0.25, -0.2) is 8.42 Å². The number of ether oxygens (including phenoxy) is 2. The van der Waals surface area contributed by atoms with Crippen LogP contribution in [-0.4, -0.2) is 60.4 Å². The van der Waals surface area contributed by atoms with Crippen LogP contribution in [0, 0.1) is 0 Å². The lowest BCUT2D eigenvalue weighted by atomic mass is 10.0. The van der Waals surface area contributed by atoms with E-state index < -0.39 is 51.7 Å². The van der Waals surface area contributed by atoms with Crippen LogP contribution in [0.5, 0.6) is 11.5 Å². The van der Waals surface area contributed by atoms with Gasteiger partial charge in [0.25, 0.3) is 32.1 Å². The lowest BCUT2D eigenvalue weighted by molar-refractivity contribution is 0.101. The van der Waals surface area contributed by atoms with Crippen molar-refractivity contribution < 1.29 is 53.4 Å². The van der Waals surface area contributed by atoms with E-state index in [0.717, 1.165) is 38.5 Å². The number of amides is 2. The van der Waals surface area contributed by atoms with E-state index in [4.69, 9.17) is 9.47 Å². The molecule has 1 heterocycles. The smallest absolute Gasteiger partial charge is 0.298 e. The number of fused-ring (bicyclic) bond motifs is 3. The minimum atomic E-state index is -4.84. The molecular weight excluding hydrogens is 653 g/mol. The first-order valence-corrected chi connectivity index (χ1v) is 16.9. The average molecular weight is 675 g/mol. The first kappa shape index (κ1) is 31.6. The Kier molecular flexibility index (Phi) is 7.92. The zero-order valence-corrected chi connectivity index (χ0v) is 25.6. The molecule has 0 bridgehead atoms. The summed E-state index contributed by atoms with van der Waals surface area (Å²) in [6.07, 6.45) is 0. The van der Waals surface area contributed by atoms with Gasteiger partial charge in [0.05, 0.1) is 30.5 Å². The maximum atomic E-state index is 13.7. The molecule has 1 aliphatic rings. The number of methoxy groups -OCH3 is 2. The lowest BCUT2D eigenvalue weighted by Gasteiger charge is -2.17. The molecule has 0 radical (unpaired) electrons. The molecule has 0 saturated heterocycles. The monoisotopic (exact) mass is 674 g/mol. The number of hydrogen-bond donors (Lipinski definition) is 4. The van der Waals surface area contributed by atoms with Gasteiger partial charge in [-0.3, -0.25) is 18.7 Å². The van der Waals surface area contributed by atoms with E-state index in [1.54, 1.807) is 12.1 Å². The van der Waals surface area contributed by atoms with Crippen LogP contribution in [0.15, 0.2) is 92.4 Å². The van der Waals surface area contributed by atoms with Gasteiger partial charge in [-0.2, -0.15) is 16.8 Å². The number of benzene rings is 4. The Morgan fingerprint density at radius 2 is 1.20 bits per heavy atom. The summed E-state index contributed by atoms with van der Waals surface area (Å²) in [4.78, 5) is 24.9. The number of rotatable bonds is 8. The summed E-state index contributed by atoms with van der Waals surface area (Å²) in [7, 11) is -11.6. The third kappa shape index (κ3) is 5.74. The maximum absolute atomic E-state index is 13.7. The molecular formula is C28H22N2O12S3. The topological polar surface area (TPSA) is 220 Å². The van der Waals surface area contributed by atoms with E-state index in [1.165, 1.54) is 36.4 Å². The molecule has 0 saturated carbocycles. The number of sulfone groups is 1. The Morgan fingerprint density at radius 3 is 1.71 bits per heavy atom. The fourth-order valence-corrected chi connectivity index (χ4v) is 7.96. The first-order chi connectivity index (χ1) is 21.1. The van der Waals surface area contributed by atoms with E-state index in [2.05, 4.69) is 10.6 Å². The van der Waals surface area contributed by atoms with Crippen LogP contribution in [-0.2, 0) is 30.1 Å². The molecule has 1 aliphatic heterocycles. The first-order valence-electron chi connectivity index (χ1n) is 12.5. The highest BCUT2D eigenvalue weighted by atomic mass is 32.2. The molecule has 4 N–H and O–H groups in total. The molecule has 4 aromatic rings. The number of hydrogen-bond acceptors (Lipinski definition) is 10. The van der Waals surface area contributed by atoms with Crippen LogP contribution in [0.2, 0.25) is 0 Å². The Balaban J connectivity index is 1.64. The standard InChI is InChI=1S/C28H22N2O12S3/c1-41-20-11-7-15(13-23(20)44(35,36)37)27(31)29-19-10-9-18-17-5-3-4-6-22(17)43(33,34)26(18)25(19)30-28(32)16-8-12-21(42-2)24(14-16)45(38,39)40/h3-14H,1-2H3,(H,29,31)(H,30,32)(H,35,36,37)(H,38,39,40). The Hall–Kier alpha value is -4.81. The van der Waals surface area contributed by atoms with E-state index in [-0.39, 0.29) is 49.4 Å². The molecule has 2 amide bonds. The van der Waals surface area contributed by atoms with Crippen molar-refractivity contribution in [2.24, 2.45) is 0 Å². The summed E-state index contributed by atoms with van der Waals surface area (Å²) in [6.45, 7) is 0. The van der Waals surface area contributed by atoms with Gasteiger partial charge in [0.2, 0.25) is 9.84 Å². The molecule has 17 heteroatoms. The van der Waals surface area contributed by atoms with Crippen molar-refractivity contribution in [3.05, 3.63) is 83.9 Å². The van der Waals surface area contributed by atoms with Crippen molar-refractivity contribution in [2.45, 2.75) is 19.6 Å². The molecule has 0 unspecified atom stereocenters. The predicted octanol–water partition coefficient (Wildman–Crippen LogP) is 3.52. The second-order valence-electron chi connectivity index (χ2n) is 9.45. The van der Waals surface area contributed by atoms with Crippen molar-refractivity contribution in [3.63, 3.8) is 0 Å². The molecule has 0 aliphatic carbocycles. The fourth-order valence-electron chi connectivity index (χ4n) is 4.75. The second-order valence-corrected chi connectivity index (χ2v) is 14.1. The molecule has 234 valence electrons. The number of nitrogens with one attached hydrogen (secondary N) is 2. The zero-order chi connectivity index (χ0) is 32.9. The molecule has 45 heavy (non-hydrogen) atoms. The number of anilines is 2. The minimum Gasteiger partial charge on any atom is -0.495 e. The van der Waals surface area contributed by atoms with Crippen LogP contribution in [0.4, 0.5) is 11.4 Å². The van der Waals surface area contributed by atoms with Gasteiger partial charge in [0, 0.05) is 22.3 Å². The van der Waals surface area contributed by atoms with Crippen LogP contribution in [0.1, 0.15) is 20.7 Å². The van der Waals surface area contributed by atoms with E-state index >= 15 is 0 Å². The lowest BCUT2D eigenvalue weighted by Crippen LogP contribution is -2.19. The summed E-state index contributed by atoms with van der Waals surface area (Å²) >= 11 is 0. The molecule has 5 rings (SSSR count). The fraction of sp³-hybridized carbons (Fsp3) is 0.0714. The van der Waals surface area contributed by atoms with Crippen molar-refractivity contribution in [1.29, 1.82) is 0 Å².